The zero-order valence-corrected chi connectivity index (χ0v) is 9.06. The molecule has 1 unspecified atom stereocenters. The van der Waals surface area contributed by atoms with Crippen LogP contribution in [0.3, 0.4) is 0 Å². The van der Waals surface area contributed by atoms with Crippen LogP contribution in [0.1, 0.15) is 37.6 Å². The maximum absolute atomic E-state index is 9.28. The fourth-order valence-corrected chi connectivity index (χ4v) is 2.02. The second-order valence-electron chi connectivity index (χ2n) is 3.97. The third-order valence-electron chi connectivity index (χ3n) is 2.80. The molecule has 5 heteroatoms. The van der Waals surface area contributed by atoms with E-state index in [1.54, 1.807) is 6.92 Å². The summed E-state index contributed by atoms with van der Waals surface area (Å²) in [7, 11) is 0. The molecule has 2 rings (SSSR count). The van der Waals surface area contributed by atoms with Crippen LogP contribution in [0.25, 0.3) is 0 Å². The number of hydrogen-bond acceptors (Lipinski definition) is 4. The Morgan fingerprint density at radius 1 is 1.71 bits per heavy atom. The predicted octanol–water partition coefficient (Wildman–Crippen LogP) is 1.21. The highest BCUT2D eigenvalue weighted by atomic mass is 32.1. The summed E-state index contributed by atoms with van der Waals surface area (Å²) in [4.78, 5) is 0. The second kappa shape index (κ2) is 3.90. The monoisotopic (exact) mass is 213 g/mol. The largest absolute Gasteiger partial charge is 0.387 e. The van der Waals surface area contributed by atoms with Crippen LogP contribution in [0.2, 0.25) is 0 Å². The lowest BCUT2D eigenvalue weighted by molar-refractivity contribution is 0.193. The third kappa shape index (κ3) is 1.79. The van der Waals surface area contributed by atoms with Crippen LogP contribution in [0.4, 0.5) is 0 Å². The maximum Gasteiger partial charge on any atom is 0.111 e. The first-order valence-corrected chi connectivity index (χ1v) is 5.54. The lowest BCUT2D eigenvalue weighted by Gasteiger charge is -2.33. The van der Waals surface area contributed by atoms with E-state index in [9.17, 15) is 5.11 Å². The van der Waals surface area contributed by atoms with E-state index in [2.05, 4.69) is 22.9 Å². The van der Waals surface area contributed by atoms with Crippen LogP contribution in [0.5, 0.6) is 0 Å². The van der Waals surface area contributed by atoms with Gasteiger partial charge < -0.3 is 5.11 Å². The molecule has 4 nitrogen and oxygen atoms in total. The smallest absolute Gasteiger partial charge is 0.111 e. The van der Waals surface area contributed by atoms with Gasteiger partial charge in [-0.25, -0.2) is 4.68 Å². The van der Waals surface area contributed by atoms with Gasteiger partial charge in [0.15, 0.2) is 0 Å². The second-order valence-corrected chi connectivity index (χ2v) is 4.34. The van der Waals surface area contributed by atoms with Crippen molar-refractivity contribution in [2.24, 2.45) is 5.92 Å². The van der Waals surface area contributed by atoms with Gasteiger partial charge in [-0.15, -0.1) is 5.10 Å². The van der Waals surface area contributed by atoms with E-state index in [0.29, 0.717) is 11.7 Å². The van der Waals surface area contributed by atoms with Crippen LogP contribution >= 0.6 is 12.6 Å². The Kier molecular flexibility index (Phi) is 2.78. The van der Waals surface area contributed by atoms with Crippen molar-refractivity contribution in [1.82, 2.24) is 15.0 Å². The molecule has 0 aromatic carbocycles. The standard InChI is InChI=1S/C9H15N3OS/c1-6(13)9-4-12(11-10-9)8-2-7(3-8)5-14/h4,6-8,13-14H,2-3,5H2,1H3. The van der Waals surface area contributed by atoms with Gasteiger partial charge in [-0.05, 0) is 31.4 Å². The molecule has 0 bridgehead atoms. The molecule has 1 aliphatic rings. The van der Waals surface area contributed by atoms with E-state index in [-0.39, 0.29) is 0 Å². The Morgan fingerprint density at radius 3 is 2.93 bits per heavy atom. The van der Waals surface area contributed by atoms with Gasteiger partial charge >= 0.3 is 0 Å². The summed E-state index contributed by atoms with van der Waals surface area (Å²) in [6.45, 7) is 1.70. The van der Waals surface area contributed by atoms with Gasteiger partial charge in [0.1, 0.15) is 5.69 Å². The third-order valence-corrected chi connectivity index (χ3v) is 3.32. The van der Waals surface area contributed by atoms with E-state index >= 15 is 0 Å². The highest BCUT2D eigenvalue weighted by molar-refractivity contribution is 7.80. The van der Waals surface area contributed by atoms with Crippen LogP contribution in [0, 0.1) is 5.92 Å². The molecule has 1 aliphatic carbocycles. The fourth-order valence-electron chi connectivity index (χ4n) is 1.73. The van der Waals surface area contributed by atoms with E-state index in [0.717, 1.165) is 24.5 Å². The Hall–Kier alpha value is -0.550. The maximum atomic E-state index is 9.28. The number of thiol groups is 1. The molecule has 1 aromatic heterocycles. The minimum Gasteiger partial charge on any atom is -0.387 e. The average Bonchev–Trinajstić information content (AvgIpc) is 2.51. The van der Waals surface area contributed by atoms with Crippen LogP contribution in [-0.4, -0.2) is 25.9 Å². The zero-order valence-electron chi connectivity index (χ0n) is 8.17. The quantitative estimate of drug-likeness (QED) is 0.742. The zero-order chi connectivity index (χ0) is 10.1. The normalized spacial score (nSPS) is 28.5. The molecule has 0 aliphatic heterocycles. The summed E-state index contributed by atoms with van der Waals surface area (Å²) in [5.41, 5.74) is 0.652. The lowest BCUT2D eigenvalue weighted by atomic mass is 9.82. The van der Waals surface area contributed by atoms with Gasteiger partial charge in [-0.1, -0.05) is 5.21 Å². The number of aliphatic hydroxyl groups is 1. The molecule has 1 heterocycles. The molecule has 1 fully saturated rings. The average molecular weight is 213 g/mol. The van der Waals surface area contributed by atoms with E-state index in [1.165, 1.54) is 0 Å². The van der Waals surface area contributed by atoms with Gasteiger partial charge in [0, 0.05) is 0 Å². The van der Waals surface area contributed by atoms with Gasteiger partial charge in [-0.2, -0.15) is 12.6 Å². The van der Waals surface area contributed by atoms with Gasteiger partial charge in [0.25, 0.3) is 0 Å². The molecular weight excluding hydrogens is 198 g/mol. The summed E-state index contributed by atoms with van der Waals surface area (Å²) in [6.07, 6.45) is 3.58. The fraction of sp³-hybridized carbons (Fsp3) is 0.778. The van der Waals surface area contributed by atoms with E-state index in [1.807, 2.05) is 10.9 Å². The lowest BCUT2D eigenvalue weighted by Crippen LogP contribution is -2.28. The van der Waals surface area contributed by atoms with Crippen molar-refractivity contribution in [3.8, 4) is 0 Å². The SMILES string of the molecule is CC(O)c1cn(C2CC(CS)C2)nn1. The van der Waals surface area contributed by atoms with Crippen LogP contribution in [0.15, 0.2) is 6.20 Å². The predicted molar refractivity (Wildman–Crippen MR) is 56.3 cm³/mol. The van der Waals surface area contributed by atoms with Crippen molar-refractivity contribution in [3.05, 3.63) is 11.9 Å². The summed E-state index contributed by atoms with van der Waals surface area (Å²) >= 11 is 4.25. The molecule has 0 amide bonds. The Balaban J connectivity index is 1.98. The molecule has 0 spiro atoms. The Morgan fingerprint density at radius 2 is 2.43 bits per heavy atom. The first-order valence-electron chi connectivity index (χ1n) is 4.91. The molecule has 1 aromatic rings. The van der Waals surface area contributed by atoms with Crippen molar-refractivity contribution in [2.75, 3.05) is 5.75 Å². The molecule has 1 saturated carbocycles. The molecule has 78 valence electrons. The summed E-state index contributed by atoms with van der Waals surface area (Å²) in [5, 5.41) is 17.2. The van der Waals surface area contributed by atoms with E-state index < -0.39 is 6.10 Å². The van der Waals surface area contributed by atoms with Gasteiger partial charge in [0.05, 0.1) is 18.3 Å². The number of rotatable bonds is 3. The number of aromatic nitrogens is 3. The van der Waals surface area contributed by atoms with Crippen LogP contribution in [-0.2, 0) is 0 Å². The first-order chi connectivity index (χ1) is 6.70. The Bertz CT molecular complexity index is 307. The van der Waals surface area contributed by atoms with Crippen molar-refractivity contribution < 1.29 is 5.11 Å². The highest BCUT2D eigenvalue weighted by Crippen LogP contribution is 2.37. The minimum absolute atomic E-state index is 0.465. The molecule has 14 heavy (non-hydrogen) atoms. The summed E-state index contributed by atoms with van der Waals surface area (Å²) < 4.78 is 1.86. The van der Waals surface area contributed by atoms with Gasteiger partial charge in [0.2, 0.25) is 0 Å². The molecule has 0 radical (unpaired) electrons. The number of nitrogens with zero attached hydrogens (tertiary/aromatic N) is 3. The van der Waals surface area contributed by atoms with E-state index in [4.69, 9.17) is 0 Å². The minimum atomic E-state index is -0.524. The number of hydrogen-bond donors (Lipinski definition) is 2. The van der Waals surface area contributed by atoms with Crippen molar-refractivity contribution in [2.45, 2.75) is 31.9 Å². The molecule has 0 saturated heterocycles. The van der Waals surface area contributed by atoms with Gasteiger partial charge in [-0.3, -0.25) is 0 Å². The summed E-state index contributed by atoms with van der Waals surface area (Å²) in [5.74, 6) is 1.68. The Labute approximate surface area is 88.7 Å². The molecule has 1 atom stereocenters. The van der Waals surface area contributed by atoms with Crippen LogP contribution < -0.4 is 0 Å². The molecule has 1 N–H and O–H groups in total. The van der Waals surface area contributed by atoms with Crippen molar-refractivity contribution in [1.29, 1.82) is 0 Å². The number of aliphatic hydroxyl groups excluding tert-OH is 1. The summed E-state index contributed by atoms with van der Waals surface area (Å²) in [6, 6.07) is 0.465. The topological polar surface area (TPSA) is 50.9 Å². The highest BCUT2D eigenvalue weighted by Gasteiger charge is 2.30. The van der Waals surface area contributed by atoms with Crippen molar-refractivity contribution >= 4 is 12.6 Å². The first kappa shape index (κ1) is 9.98. The van der Waals surface area contributed by atoms with Crippen molar-refractivity contribution in [3.63, 3.8) is 0 Å². The molecular formula is C9H15N3OS.